The van der Waals surface area contributed by atoms with Crippen LogP contribution >= 0.6 is 0 Å². The van der Waals surface area contributed by atoms with Gasteiger partial charge < -0.3 is 5.32 Å². The lowest BCUT2D eigenvalue weighted by Gasteiger charge is -2.10. The summed E-state index contributed by atoms with van der Waals surface area (Å²) in [5.41, 5.74) is 0.152. The molecule has 2 aromatic rings. The van der Waals surface area contributed by atoms with Crippen LogP contribution in [0.15, 0.2) is 47.4 Å². The van der Waals surface area contributed by atoms with Gasteiger partial charge in [0.25, 0.3) is 5.91 Å². The minimum Gasteiger partial charge on any atom is -0.322 e. The fourth-order valence-corrected chi connectivity index (χ4v) is 3.24. The van der Waals surface area contributed by atoms with Crippen molar-refractivity contribution in [1.29, 1.82) is 0 Å². The fourth-order valence-electron chi connectivity index (χ4n) is 2.15. The summed E-state index contributed by atoms with van der Waals surface area (Å²) in [6.45, 7) is 4.26. The average molecular weight is 382 g/mol. The van der Waals surface area contributed by atoms with E-state index in [0.29, 0.717) is 18.9 Å². The van der Waals surface area contributed by atoms with Gasteiger partial charge in [0.05, 0.1) is 4.90 Å². The van der Waals surface area contributed by atoms with Crippen LogP contribution < -0.4 is 10.0 Å². The lowest BCUT2D eigenvalue weighted by atomic mass is 10.1. The number of carbonyl (C=O) groups excluding carboxylic acids is 1. The summed E-state index contributed by atoms with van der Waals surface area (Å²) < 4.78 is 53.2. The lowest BCUT2D eigenvalue weighted by Crippen LogP contribution is -2.26. The van der Waals surface area contributed by atoms with E-state index in [1.54, 1.807) is 0 Å². The minimum absolute atomic E-state index is 0.0424. The molecule has 0 radical (unpaired) electrons. The molecule has 8 heteroatoms. The Kier molecular flexibility index (Phi) is 6.44. The number of benzene rings is 2. The highest BCUT2D eigenvalue weighted by Crippen LogP contribution is 2.16. The van der Waals surface area contributed by atoms with Crippen LogP contribution in [0.4, 0.5) is 14.5 Å². The predicted molar refractivity (Wildman–Crippen MR) is 95.4 cm³/mol. The molecule has 0 atom stereocenters. The molecule has 5 nitrogen and oxygen atoms in total. The third kappa shape index (κ3) is 5.34. The van der Waals surface area contributed by atoms with Gasteiger partial charge in [-0.1, -0.05) is 19.9 Å². The summed E-state index contributed by atoms with van der Waals surface area (Å²) in [6, 6.07) is 8.44. The largest absolute Gasteiger partial charge is 0.322 e. The molecule has 0 bridgehead atoms. The molecule has 0 fully saturated rings. The number of sulfonamides is 1. The van der Waals surface area contributed by atoms with Gasteiger partial charge in [-0.05, 0) is 42.7 Å². The standard InChI is InChI=1S/C18H20F2N2O3S/c1-12(2)8-9-21-26(24,25)15-5-3-4-13(10-15)18(23)22-14-6-7-16(19)17(20)11-14/h3-7,10-12,21H,8-9H2,1-2H3,(H,22,23). The van der Waals surface area contributed by atoms with Gasteiger partial charge in [-0.2, -0.15) is 0 Å². The van der Waals surface area contributed by atoms with Crippen molar-refractivity contribution in [3.63, 3.8) is 0 Å². The van der Waals surface area contributed by atoms with E-state index < -0.39 is 27.6 Å². The summed E-state index contributed by atoms with van der Waals surface area (Å²) in [7, 11) is -3.74. The van der Waals surface area contributed by atoms with E-state index in [-0.39, 0.29) is 16.1 Å². The van der Waals surface area contributed by atoms with Gasteiger partial charge in [0.1, 0.15) is 0 Å². The van der Waals surface area contributed by atoms with Gasteiger partial charge in [0, 0.05) is 23.9 Å². The summed E-state index contributed by atoms with van der Waals surface area (Å²) in [4.78, 5) is 12.2. The molecule has 140 valence electrons. The van der Waals surface area contributed by atoms with E-state index in [0.717, 1.165) is 12.1 Å². The Balaban J connectivity index is 2.14. The number of hydrogen-bond donors (Lipinski definition) is 2. The molecule has 0 heterocycles. The summed E-state index contributed by atoms with van der Waals surface area (Å²) in [6.07, 6.45) is 0.690. The van der Waals surface area contributed by atoms with Crippen molar-refractivity contribution in [1.82, 2.24) is 4.72 Å². The van der Waals surface area contributed by atoms with Crippen molar-refractivity contribution in [2.75, 3.05) is 11.9 Å². The summed E-state index contributed by atoms with van der Waals surface area (Å²) in [5, 5.41) is 2.40. The van der Waals surface area contributed by atoms with Gasteiger partial charge in [-0.15, -0.1) is 0 Å². The number of rotatable bonds is 7. The lowest BCUT2D eigenvalue weighted by molar-refractivity contribution is 0.102. The molecule has 0 unspecified atom stereocenters. The second-order valence-electron chi connectivity index (χ2n) is 6.19. The first-order chi connectivity index (χ1) is 12.2. The maximum atomic E-state index is 13.2. The van der Waals surface area contributed by atoms with Crippen LogP contribution in [0.1, 0.15) is 30.6 Å². The van der Waals surface area contributed by atoms with Crippen molar-refractivity contribution in [2.24, 2.45) is 5.92 Å². The zero-order valence-corrected chi connectivity index (χ0v) is 15.2. The summed E-state index contributed by atoms with van der Waals surface area (Å²) in [5.74, 6) is -2.39. The smallest absolute Gasteiger partial charge is 0.255 e. The maximum absolute atomic E-state index is 13.2. The highest BCUT2D eigenvalue weighted by Gasteiger charge is 2.16. The molecule has 0 spiro atoms. The van der Waals surface area contributed by atoms with E-state index in [9.17, 15) is 22.0 Å². The first-order valence-electron chi connectivity index (χ1n) is 8.05. The first-order valence-corrected chi connectivity index (χ1v) is 9.53. The van der Waals surface area contributed by atoms with Gasteiger partial charge in [0.2, 0.25) is 10.0 Å². The van der Waals surface area contributed by atoms with Crippen molar-refractivity contribution < 1.29 is 22.0 Å². The molecule has 1 amide bonds. The monoisotopic (exact) mass is 382 g/mol. The van der Waals surface area contributed by atoms with Crippen molar-refractivity contribution in [3.05, 3.63) is 59.7 Å². The van der Waals surface area contributed by atoms with Crippen LogP contribution in [0.2, 0.25) is 0 Å². The first kappa shape index (κ1) is 20.0. The Bertz CT molecular complexity index is 899. The molecule has 0 aliphatic carbocycles. The molecule has 0 aliphatic rings. The quantitative estimate of drug-likeness (QED) is 0.769. The Morgan fingerprint density at radius 1 is 1.08 bits per heavy atom. The van der Waals surface area contributed by atoms with Crippen molar-refractivity contribution in [3.8, 4) is 0 Å². The third-order valence-electron chi connectivity index (χ3n) is 3.60. The SMILES string of the molecule is CC(C)CCNS(=O)(=O)c1cccc(C(=O)Nc2ccc(F)c(F)c2)c1. The van der Waals surface area contributed by atoms with Gasteiger partial charge in [-0.3, -0.25) is 4.79 Å². The third-order valence-corrected chi connectivity index (χ3v) is 5.06. The van der Waals surface area contributed by atoms with Crippen LogP contribution in [0.3, 0.4) is 0 Å². The summed E-state index contributed by atoms with van der Waals surface area (Å²) >= 11 is 0. The number of nitrogens with one attached hydrogen (secondary N) is 2. The number of halogens is 2. The van der Waals surface area contributed by atoms with E-state index in [4.69, 9.17) is 0 Å². The second kappa shape index (κ2) is 8.37. The molecule has 0 saturated carbocycles. The van der Waals surface area contributed by atoms with E-state index in [2.05, 4.69) is 10.0 Å². The second-order valence-corrected chi connectivity index (χ2v) is 7.96. The van der Waals surface area contributed by atoms with Gasteiger partial charge in [-0.25, -0.2) is 21.9 Å². The van der Waals surface area contributed by atoms with Crippen LogP contribution in [-0.4, -0.2) is 20.9 Å². The highest BCUT2D eigenvalue weighted by molar-refractivity contribution is 7.89. The number of anilines is 1. The Hall–Kier alpha value is -2.32. The zero-order valence-electron chi connectivity index (χ0n) is 14.4. The molecule has 2 aromatic carbocycles. The van der Waals surface area contributed by atoms with Gasteiger partial charge >= 0.3 is 0 Å². The number of hydrogen-bond acceptors (Lipinski definition) is 3. The Morgan fingerprint density at radius 2 is 1.81 bits per heavy atom. The molecule has 2 rings (SSSR count). The molecule has 26 heavy (non-hydrogen) atoms. The predicted octanol–water partition coefficient (Wildman–Crippen LogP) is 3.54. The zero-order chi connectivity index (χ0) is 19.3. The fraction of sp³-hybridized carbons (Fsp3) is 0.278. The van der Waals surface area contributed by atoms with E-state index in [1.165, 1.54) is 30.3 Å². The molecule has 0 saturated heterocycles. The van der Waals surface area contributed by atoms with E-state index >= 15 is 0 Å². The molecule has 0 aromatic heterocycles. The van der Waals surface area contributed by atoms with Crippen molar-refractivity contribution in [2.45, 2.75) is 25.2 Å². The van der Waals surface area contributed by atoms with Gasteiger partial charge in [0.15, 0.2) is 11.6 Å². The van der Waals surface area contributed by atoms with Crippen LogP contribution in [0.25, 0.3) is 0 Å². The molecule has 0 aliphatic heterocycles. The topological polar surface area (TPSA) is 75.3 Å². The Labute approximate surface area is 151 Å². The number of amides is 1. The normalized spacial score (nSPS) is 11.6. The van der Waals surface area contributed by atoms with Crippen LogP contribution in [0.5, 0.6) is 0 Å². The maximum Gasteiger partial charge on any atom is 0.255 e. The molecular formula is C18H20F2N2O3S. The van der Waals surface area contributed by atoms with E-state index in [1.807, 2.05) is 13.8 Å². The van der Waals surface area contributed by atoms with Crippen molar-refractivity contribution >= 4 is 21.6 Å². The molecular weight excluding hydrogens is 362 g/mol. The van der Waals surface area contributed by atoms with Crippen LogP contribution in [0, 0.1) is 17.6 Å². The molecule has 2 N–H and O–H groups in total. The van der Waals surface area contributed by atoms with Crippen LogP contribution in [-0.2, 0) is 10.0 Å². The Morgan fingerprint density at radius 3 is 2.46 bits per heavy atom. The number of carbonyl (C=O) groups is 1. The average Bonchev–Trinajstić information content (AvgIpc) is 2.58. The minimum atomic E-state index is -3.74. The highest BCUT2D eigenvalue weighted by atomic mass is 32.2.